The van der Waals surface area contributed by atoms with E-state index >= 15 is 0 Å². The Kier molecular flexibility index (Phi) is 7.87. The largest absolute Gasteiger partial charge is 0.489 e. The fraction of sp³-hybridized carbons (Fsp3) is 0.600. The first-order valence-corrected chi connectivity index (χ1v) is 7.32. The van der Waals surface area contributed by atoms with Crippen LogP contribution in [0.1, 0.15) is 27.2 Å². The van der Waals surface area contributed by atoms with Crippen molar-refractivity contribution < 1.29 is 4.74 Å². The lowest BCUT2D eigenvalue weighted by Gasteiger charge is -2.16. The van der Waals surface area contributed by atoms with Gasteiger partial charge in [-0.25, -0.2) is 0 Å². The molecule has 0 bridgehead atoms. The van der Waals surface area contributed by atoms with Gasteiger partial charge in [0.2, 0.25) is 0 Å². The Balaban J connectivity index is 2.09. The Morgan fingerprint density at radius 1 is 1.21 bits per heavy atom. The first-order valence-electron chi connectivity index (χ1n) is 6.94. The van der Waals surface area contributed by atoms with E-state index in [0.717, 1.165) is 31.8 Å². The smallest absolute Gasteiger partial charge is 0.121 e. The number of rotatable bonds is 9. The fourth-order valence-corrected chi connectivity index (χ4v) is 1.90. The molecule has 0 amide bonds. The quantitative estimate of drug-likeness (QED) is 0.684. The van der Waals surface area contributed by atoms with Gasteiger partial charge in [-0.3, -0.25) is 0 Å². The van der Waals surface area contributed by atoms with Crippen LogP contribution in [0.2, 0.25) is 5.02 Å². The number of benzene rings is 1. The minimum absolute atomic E-state index is 0.136. The summed E-state index contributed by atoms with van der Waals surface area (Å²) in [7, 11) is 0. The van der Waals surface area contributed by atoms with Crippen LogP contribution in [0.4, 0.5) is 0 Å². The van der Waals surface area contributed by atoms with Crippen molar-refractivity contribution in [1.82, 2.24) is 10.6 Å². The monoisotopic (exact) mass is 284 g/mol. The number of ether oxygens (including phenoxy) is 1. The second-order valence-electron chi connectivity index (χ2n) is 5.05. The predicted octanol–water partition coefficient (Wildman–Crippen LogP) is 3.09. The molecule has 2 N–H and O–H groups in total. The molecule has 0 heterocycles. The number of halogens is 1. The maximum atomic E-state index is 5.91. The SMILES string of the molecule is CC(C)NCCCNCC(C)Oc1cccc(Cl)c1. The number of hydrogen-bond acceptors (Lipinski definition) is 3. The molecule has 0 spiro atoms. The summed E-state index contributed by atoms with van der Waals surface area (Å²) < 4.78 is 5.78. The van der Waals surface area contributed by atoms with Crippen LogP contribution in [0.5, 0.6) is 5.75 Å². The van der Waals surface area contributed by atoms with Crippen molar-refractivity contribution >= 4 is 11.6 Å². The molecule has 3 nitrogen and oxygen atoms in total. The molecule has 1 atom stereocenters. The standard InChI is InChI=1S/C15H25ClN2O/c1-12(2)18-9-5-8-17-11-13(3)19-15-7-4-6-14(16)10-15/h4,6-7,10,12-13,17-18H,5,8-9,11H2,1-3H3. The van der Waals surface area contributed by atoms with Crippen LogP contribution >= 0.6 is 11.6 Å². The highest BCUT2D eigenvalue weighted by Crippen LogP contribution is 2.18. The van der Waals surface area contributed by atoms with Crippen LogP contribution in [0, 0.1) is 0 Å². The maximum Gasteiger partial charge on any atom is 0.121 e. The molecular weight excluding hydrogens is 260 g/mol. The van der Waals surface area contributed by atoms with Crippen molar-refractivity contribution in [3.8, 4) is 5.75 Å². The molecule has 0 saturated carbocycles. The van der Waals surface area contributed by atoms with Crippen molar-refractivity contribution in [3.63, 3.8) is 0 Å². The van der Waals surface area contributed by atoms with Crippen LogP contribution in [-0.2, 0) is 0 Å². The molecule has 0 saturated heterocycles. The van der Waals surface area contributed by atoms with Crippen molar-refractivity contribution in [2.75, 3.05) is 19.6 Å². The molecule has 0 aliphatic carbocycles. The molecule has 1 aromatic carbocycles. The Bertz CT molecular complexity index is 358. The van der Waals surface area contributed by atoms with Gasteiger partial charge in [-0.2, -0.15) is 0 Å². The summed E-state index contributed by atoms with van der Waals surface area (Å²) in [6.07, 6.45) is 1.26. The zero-order chi connectivity index (χ0) is 14.1. The lowest BCUT2D eigenvalue weighted by Crippen LogP contribution is -2.32. The Labute approximate surface area is 121 Å². The van der Waals surface area contributed by atoms with Gasteiger partial charge in [0.05, 0.1) is 0 Å². The topological polar surface area (TPSA) is 33.3 Å². The van der Waals surface area contributed by atoms with Gasteiger partial charge < -0.3 is 15.4 Å². The second kappa shape index (κ2) is 9.18. The van der Waals surface area contributed by atoms with E-state index in [0.29, 0.717) is 11.1 Å². The van der Waals surface area contributed by atoms with Crippen molar-refractivity contribution in [1.29, 1.82) is 0 Å². The van der Waals surface area contributed by atoms with Crippen molar-refractivity contribution in [2.24, 2.45) is 0 Å². The van der Waals surface area contributed by atoms with E-state index in [1.54, 1.807) is 0 Å². The summed E-state index contributed by atoms with van der Waals surface area (Å²) in [5, 5.41) is 7.50. The summed E-state index contributed by atoms with van der Waals surface area (Å²) >= 11 is 5.91. The van der Waals surface area contributed by atoms with Gasteiger partial charge in [0, 0.05) is 17.6 Å². The van der Waals surface area contributed by atoms with E-state index in [4.69, 9.17) is 16.3 Å². The predicted molar refractivity (Wildman–Crippen MR) is 82.2 cm³/mol. The third-order valence-electron chi connectivity index (χ3n) is 2.65. The molecule has 0 aromatic heterocycles. The summed E-state index contributed by atoms with van der Waals surface area (Å²) in [4.78, 5) is 0. The first-order chi connectivity index (χ1) is 9.08. The van der Waals surface area contributed by atoms with Crippen LogP contribution in [0.3, 0.4) is 0 Å². The molecule has 1 unspecified atom stereocenters. The van der Waals surface area contributed by atoms with E-state index in [1.807, 2.05) is 24.3 Å². The molecule has 1 rings (SSSR count). The molecule has 4 heteroatoms. The van der Waals surface area contributed by atoms with E-state index in [-0.39, 0.29) is 6.10 Å². The van der Waals surface area contributed by atoms with Gasteiger partial charge >= 0.3 is 0 Å². The third kappa shape index (κ3) is 8.09. The van der Waals surface area contributed by atoms with Gasteiger partial charge in [-0.1, -0.05) is 31.5 Å². The zero-order valence-electron chi connectivity index (χ0n) is 12.1. The van der Waals surface area contributed by atoms with Gasteiger partial charge in [0.25, 0.3) is 0 Å². The molecule has 0 aliphatic heterocycles. The highest BCUT2D eigenvalue weighted by atomic mass is 35.5. The molecule has 1 aromatic rings. The Morgan fingerprint density at radius 3 is 2.68 bits per heavy atom. The molecule has 0 fully saturated rings. The van der Waals surface area contributed by atoms with E-state index in [2.05, 4.69) is 31.4 Å². The fourth-order valence-electron chi connectivity index (χ4n) is 1.72. The highest BCUT2D eigenvalue weighted by molar-refractivity contribution is 6.30. The van der Waals surface area contributed by atoms with Crippen LogP contribution in [-0.4, -0.2) is 31.8 Å². The number of hydrogen-bond donors (Lipinski definition) is 2. The van der Waals surface area contributed by atoms with Gasteiger partial charge in [0.1, 0.15) is 11.9 Å². The van der Waals surface area contributed by atoms with Crippen LogP contribution in [0.15, 0.2) is 24.3 Å². The number of nitrogens with one attached hydrogen (secondary N) is 2. The van der Waals surface area contributed by atoms with E-state index in [9.17, 15) is 0 Å². The summed E-state index contributed by atoms with van der Waals surface area (Å²) in [5.41, 5.74) is 0. The van der Waals surface area contributed by atoms with Crippen LogP contribution in [0.25, 0.3) is 0 Å². The molecule has 19 heavy (non-hydrogen) atoms. The minimum Gasteiger partial charge on any atom is -0.489 e. The normalized spacial score (nSPS) is 12.7. The van der Waals surface area contributed by atoms with Gasteiger partial charge in [0.15, 0.2) is 0 Å². The zero-order valence-corrected chi connectivity index (χ0v) is 12.8. The van der Waals surface area contributed by atoms with Crippen molar-refractivity contribution in [2.45, 2.75) is 39.3 Å². The molecule has 108 valence electrons. The van der Waals surface area contributed by atoms with E-state index < -0.39 is 0 Å². The van der Waals surface area contributed by atoms with Crippen molar-refractivity contribution in [3.05, 3.63) is 29.3 Å². The minimum atomic E-state index is 0.136. The highest BCUT2D eigenvalue weighted by Gasteiger charge is 2.03. The first kappa shape index (κ1) is 16.3. The maximum absolute atomic E-state index is 5.91. The molecule has 0 radical (unpaired) electrons. The van der Waals surface area contributed by atoms with E-state index in [1.165, 1.54) is 0 Å². The Hall–Kier alpha value is -0.770. The second-order valence-corrected chi connectivity index (χ2v) is 5.49. The average molecular weight is 285 g/mol. The summed E-state index contributed by atoms with van der Waals surface area (Å²) in [6.45, 7) is 9.27. The van der Waals surface area contributed by atoms with Gasteiger partial charge in [-0.15, -0.1) is 0 Å². The molecular formula is C15H25ClN2O. The van der Waals surface area contributed by atoms with Crippen LogP contribution < -0.4 is 15.4 Å². The third-order valence-corrected chi connectivity index (χ3v) is 2.88. The average Bonchev–Trinajstić information content (AvgIpc) is 2.33. The lowest BCUT2D eigenvalue weighted by atomic mass is 10.3. The van der Waals surface area contributed by atoms with Gasteiger partial charge in [-0.05, 0) is 44.6 Å². The lowest BCUT2D eigenvalue weighted by molar-refractivity contribution is 0.217. The Morgan fingerprint density at radius 2 is 2.00 bits per heavy atom. The molecule has 0 aliphatic rings. The summed E-state index contributed by atoms with van der Waals surface area (Å²) in [6, 6.07) is 8.07. The summed E-state index contributed by atoms with van der Waals surface area (Å²) in [5.74, 6) is 0.822.